The van der Waals surface area contributed by atoms with Crippen LogP contribution in [0, 0.1) is 5.82 Å². The highest BCUT2D eigenvalue weighted by molar-refractivity contribution is 7.88. The van der Waals surface area contributed by atoms with Gasteiger partial charge in [-0.2, -0.15) is 4.31 Å². The number of carbonyl (C=O) groups excluding carboxylic acids is 1. The van der Waals surface area contributed by atoms with Crippen LogP contribution in [0.25, 0.3) is 0 Å². The quantitative estimate of drug-likeness (QED) is 0.708. The molecule has 0 fully saturated rings. The molecule has 27 heavy (non-hydrogen) atoms. The normalized spacial score (nSPS) is 11.4. The maximum Gasteiger partial charge on any atom is 0.235 e. The van der Waals surface area contributed by atoms with E-state index in [0.717, 1.165) is 16.1 Å². The summed E-state index contributed by atoms with van der Waals surface area (Å²) in [7, 11) is -3.69. The number of carbonyl (C=O) groups is 1. The van der Waals surface area contributed by atoms with E-state index in [9.17, 15) is 17.6 Å². The van der Waals surface area contributed by atoms with Gasteiger partial charge in [0.05, 0.1) is 19.4 Å². The van der Waals surface area contributed by atoms with Crippen LogP contribution in [-0.4, -0.2) is 38.0 Å². The van der Waals surface area contributed by atoms with Crippen molar-refractivity contribution < 1.29 is 22.3 Å². The molecule has 0 aliphatic heterocycles. The Morgan fingerprint density at radius 2 is 1.74 bits per heavy atom. The summed E-state index contributed by atoms with van der Waals surface area (Å²) in [6.07, 6.45) is 0.992. The summed E-state index contributed by atoms with van der Waals surface area (Å²) in [6.45, 7) is 1.95. The lowest BCUT2D eigenvalue weighted by molar-refractivity contribution is -0.121. The first-order valence-electron chi connectivity index (χ1n) is 8.47. The van der Waals surface area contributed by atoms with Crippen molar-refractivity contribution in [1.82, 2.24) is 9.62 Å². The van der Waals surface area contributed by atoms with Crippen molar-refractivity contribution >= 4 is 15.9 Å². The van der Waals surface area contributed by atoms with Crippen LogP contribution in [-0.2, 0) is 27.9 Å². The number of benzene rings is 2. The molecule has 0 saturated heterocycles. The largest absolute Gasteiger partial charge is 0.494 e. The number of sulfonamides is 1. The van der Waals surface area contributed by atoms with Crippen molar-refractivity contribution in [3.63, 3.8) is 0 Å². The fraction of sp³-hybridized carbons (Fsp3) is 0.316. The van der Waals surface area contributed by atoms with Crippen LogP contribution in [0.15, 0.2) is 48.5 Å². The van der Waals surface area contributed by atoms with Crippen molar-refractivity contribution in [2.45, 2.75) is 20.0 Å². The number of nitrogens with one attached hydrogen (secondary N) is 1. The average molecular weight is 394 g/mol. The number of para-hydroxylation sites is 1. The molecule has 1 N–H and O–H groups in total. The van der Waals surface area contributed by atoms with Crippen LogP contribution in [0.5, 0.6) is 5.75 Å². The van der Waals surface area contributed by atoms with Gasteiger partial charge in [-0.3, -0.25) is 4.79 Å². The molecule has 6 nitrogen and oxygen atoms in total. The van der Waals surface area contributed by atoms with E-state index in [4.69, 9.17) is 4.74 Å². The van der Waals surface area contributed by atoms with E-state index in [1.165, 1.54) is 18.2 Å². The van der Waals surface area contributed by atoms with Crippen LogP contribution in [0.3, 0.4) is 0 Å². The second-order valence-electron chi connectivity index (χ2n) is 5.94. The van der Waals surface area contributed by atoms with E-state index in [0.29, 0.717) is 12.4 Å². The van der Waals surface area contributed by atoms with Gasteiger partial charge in [0.15, 0.2) is 0 Å². The summed E-state index contributed by atoms with van der Waals surface area (Å²) < 4.78 is 44.3. The third-order valence-electron chi connectivity index (χ3n) is 3.84. The fourth-order valence-electron chi connectivity index (χ4n) is 2.46. The molecular weight excluding hydrogens is 371 g/mol. The summed E-state index contributed by atoms with van der Waals surface area (Å²) in [4.78, 5) is 12.3. The summed E-state index contributed by atoms with van der Waals surface area (Å²) in [6, 6.07) is 13.1. The second kappa shape index (κ2) is 9.48. The minimum absolute atomic E-state index is 0.201. The smallest absolute Gasteiger partial charge is 0.235 e. The topological polar surface area (TPSA) is 75.7 Å². The van der Waals surface area contributed by atoms with E-state index in [-0.39, 0.29) is 18.7 Å². The molecule has 0 aliphatic rings. The predicted molar refractivity (Wildman–Crippen MR) is 101 cm³/mol. The van der Waals surface area contributed by atoms with Gasteiger partial charge in [0.25, 0.3) is 0 Å². The minimum atomic E-state index is -3.69. The highest BCUT2D eigenvalue weighted by atomic mass is 32.2. The van der Waals surface area contributed by atoms with Gasteiger partial charge >= 0.3 is 0 Å². The van der Waals surface area contributed by atoms with Gasteiger partial charge in [0.2, 0.25) is 15.9 Å². The maximum atomic E-state index is 13.8. The molecular formula is C19H23FN2O4S. The summed E-state index contributed by atoms with van der Waals surface area (Å²) in [5.41, 5.74) is 0.991. The molecule has 0 bridgehead atoms. The lowest BCUT2D eigenvalue weighted by Crippen LogP contribution is -2.39. The zero-order chi connectivity index (χ0) is 19.9. The summed E-state index contributed by atoms with van der Waals surface area (Å²) in [5, 5.41) is 2.68. The monoisotopic (exact) mass is 394 g/mol. The molecule has 2 aromatic carbocycles. The maximum absolute atomic E-state index is 13.8. The Morgan fingerprint density at radius 1 is 1.11 bits per heavy atom. The number of nitrogens with zero attached hydrogens (tertiary/aromatic N) is 1. The fourth-order valence-corrected chi connectivity index (χ4v) is 3.19. The Kier molecular flexibility index (Phi) is 7.32. The molecule has 0 spiro atoms. The first-order valence-corrected chi connectivity index (χ1v) is 10.3. The standard InChI is InChI=1S/C19H23FN2O4S/c1-3-26-18-11-7-5-8-15(18)12-21-19(23)14-22(27(2,24)25)13-16-9-4-6-10-17(16)20/h4-11H,3,12-14H2,1-2H3,(H,21,23). The Hall–Kier alpha value is -2.45. The molecule has 0 aromatic heterocycles. The van der Waals surface area contributed by atoms with Crippen LogP contribution < -0.4 is 10.1 Å². The molecule has 0 heterocycles. The first-order chi connectivity index (χ1) is 12.8. The molecule has 0 saturated carbocycles. The molecule has 0 radical (unpaired) electrons. The van der Waals surface area contributed by atoms with Crippen molar-refractivity contribution in [3.05, 3.63) is 65.5 Å². The number of ether oxygens (including phenoxy) is 1. The average Bonchev–Trinajstić information content (AvgIpc) is 2.61. The van der Waals surface area contributed by atoms with Gasteiger partial charge in [0, 0.05) is 24.2 Å². The molecule has 8 heteroatoms. The Labute approximate surface area is 159 Å². The first kappa shape index (κ1) is 20.9. The Balaban J connectivity index is 2.03. The van der Waals surface area contributed by atoms with Crippen molar-refractivity contribution in [3.8, 4) is 5.75 Å². The Bertz CT molecular complexity index is 887. The highest BCUT2D eigenvalue weighted by Gasteiger charge is 2.21. The third kappa shape index (κ3) is 6.33. The van der Waals surface area contributed by atoms with Crippen molar-refractivity contribution in [2.75, 3.05) is 19.4 Å². The SMILES string of the molecule is CCOc1ccccc1CNC(=O)CN(Cc1ccccc1F)S(C)(=O)=O. The third-order valence-corrected chi connectivity index (χ3v) is 5.04. The van der Waals surface area contributed by atoms with Gasteiger partial charge in [-0.15, -0.1) is 0 Å². The van der Waals surface area contributed by atoms with Crippen LogP contribution >= 0.6 is 0 Å². The second-order valence-corrected chi connectivity index (χ2v) is 7.92. The lowest BCUT2D eigenvalue weighted by atomic mass is 10.2. The Morgan fingerprint density at radius 3 is 2.37 bits per heavy atom. The van der Waals surface area contributed by atoms with E-state index in [2.05, 4.69) is 5.32 Å². The molecule has 2 rings (SSSR count). The van der Waals surface area contributed by atoms with E-state index < -0.39 is 28.3 Å². The summed E-state index contributed by atoms with van der Waals surface area (Å²) in [5.74, 6) is -0.341. The van der Waals surface area contributed by atoms with Crippen molar-refractivity contribution in [1.29, 1.82) is 0 Å². The van der Waals surface area contributed by atoms with Crippen LogP contribution in [0.2, 0.25) is 0 Å². The van der Waals surface area contributed by atoms with Crippen LogP contribution in [0.4, 0.5) is 4.39 Å². The number of hydrogen-bond donors (Lipinski definition) is 1. The number of rotatable bonds is 9. The highest BCUT2D eigenvalue weighted by Crippen LogP contribution is 2.17. The van der Waals surface area contributed by atoms with Crippen LogP contribution in [0.1, 0.15) is 18.1 Å². The molecule has 0 aliphatic carbocycles. The van der Waals surface area contributed by atoms with Gasteiger partial charge in [0.1, 0.15) is 11.6 Å². The summed E-state index contributed by atoms with van der Waals surface area (Å²) >= 11 is 0. The van der Waals surface area contributed by atoms with E-state index >= 15 is 0 Å². The minimum Gasteiger partial charge on any atom is -0.494 e. The van der Waals surface area contributed by atoms with E-state index in [1.54, 1.807) is 12.1 Å². The zero-order valence-electron chi connectivity index (χ0n) is 15.3. The van der Waals surface area contributed by atoms with Gasteiger partial charge < -0.3 is 10.1 Å². The van der Waals surface area contributed by atoms with Crippen molar-refractivity contribution in [2.24, 2.45) is 0 Å². The lowest BCUT2D eigenvalue weighted by Gasteiger charge is -2.20. The van der Waals surface area contributed by atoms with Gasteiger partial charge in [-0.25, -0.2) is 12.8 Å². The molecule has 146 valence electrons. The number of hydrogen-bond acceptors (Lipinski definition) is 4. The zero-order valence-corrected chi connectivity index (χ0v) is 16.1. The van der Waals surface area contributed by atoms with Gasteiger partial charge in [-0.1, -0.05) is 36.4 Å². The van der Waals surface area contributed by atoms with Gasteiger partial charge in [-0.05, 0) is 19.1 Å². The number of amides is 1. The molecule has 2 aromatic rings. The number of halogens is 1. The molecule has 1 amide bonds. The molecule has 0 atom stereocenters. The molecule has 0 unspecified atom stereocenters. The van der Waals surface area contributed by atoms with E-state index in [1.807, 2.05) is 25.1 Å². The predicted octanol–water partition coefficient (Wildman–Crippen LogP) is 2.30.